The number of aryl methyl sites for hydroxylation is 1. The molecule has 4 rings (SSSR count). The molecule has 0 aliphatic heterocycles. The van der Waals surface area contributed by atoms with Gasteiger partial charge in [-0.3, -0.25) is 5.10 Å². The molecule has 1 N–H and O–H groups in total. The number of aromatic nitrogens is 2. The minimum absolute atomic E-state index is 0.755. The molecule has 2 nitrogen and oxygen atoms in total. The number of H-pyrrole nitrogens is 1. The van der Waals surface area contributed by atoms with Gasteiger partial charge in [0.05, 0.1) is 11.4 Å². The Hall–Kier alpha value is -2.06. The highest BCUT2D eigenvalue weighted by molar-refractivity contribution is 6.30. The number of nitrogens with zero attached hydrogens (tertiary/aromatic N) is 1. The van der Waals surface area contributed by atoms with Gasteiger partial charge in [0.2, 0.25) is 0 Å². The van der Waals surface area contributed by atoms with E-state index in [4.69, 9.17) is 11.6 Å². The maximum atomic E-state index is 5.98. The number of rotatable bonds is 1. The summed E-state index contributed by atoms with van der Waals surface area (Å²) in [5, 5.41) is 8.58. The van der Waals surface area contributed by atoms with Gasteiger partial charge in [-0.1, -0.05) is 48.0 Å². The standard InChI is InChI=1S/C18H15ClN2/c19-14-10-8-13(9-11-14)17-16-7-3-5-12-4-1-2-6-15(12)18(16)21-20-17/h1-2,4,6,8-11H,3,5,7H2,(H,20,21). The van der Waals surface area contributed by atoms with Crippen molar-refractivity contribution >= 4 is 11.6 Å². The minimum atomic E-state index is 0.755. The molecule has 0 unspecified atom stereocenters. The van der Waals surface area contributed by atoms with E-state index in [-0.39, 0.29) is 0 Å². The predicted octanol–water partition coefficient (Wildman–Crippen LogP) is 4.89. The molecular weight excluding hydrogens is 280 g/mol. The number of hydrogen-bond donors (Lipinski definition) is 1. The summed E-state index contributed by atoms with van der Waals surface area (Å²) in [5.41, 5.74) is 7.37. The van der Waals surface area contributed by atoms with Gasteiger partial charge in [-0.15, -0.1) is 0 Å². The van der Waals surface area contributed by atoms with Gasteiger partial charge in [0.1, 0.15) is 0 Å². The molecule has 0 spiro atoms. The number of hydrogen-bond acceptors (Lipinski definition) is 1. The Morgan fingerprint density at radius 1 is 0.952 bits per heavy atom. The highest BCUT2D eigenvalue weighted by atomic mass is 35.5. The molecule has 1 aliphatic carbocycles. The molecule has 0 atom stereocenters. The summed E-state index contributed by atoms with van der Waals surface area (Å²) in [6.07, 6.45) is 3.33. The second kappa shape index (κ2) is 5.05. The van der Waals surface area contributed by atoms with E-state index in [0.717, 1.165) is 35.5 Å². The Labute approximate surface area is 128 Å². The lowest BCUT2D eigenvalue weighted by atomic mass is 10.00. The molecule has 0 saturated carbocycles. The zero-order valence-electron chi connectivity index (χ0n) is 11.6. The summed E-state index contributed by atoms with van der Waals surface area (Å²) >= 11 is 5.98. The van der Waals surface area contributed by atoms with Crippen LogP contribution in [0.3, 0.4) is 0 Å². The van der Waals surface area contributed by atoms with E-state index in [9.17, 15) is 0 Å². The Morgan fingerprint density at radius 2 is 1.76 bits per heavy atom. The third kappa shape index (κ3) is 2.16. The predicted molar refractivity (Wildman–Crippen MR) is 86.5 cm³/mol. The second-order valence-electron chi connectivity index (χ2n) is 5.44. The van der Waals surface area contributed by atoms with Crippen LogP contribution in [0, 0.1) is 0 Å². The lowest BCUT2D eigenvalue weighted by molar-refractivity contribution is 0.835. The van der Waals surface area contributed by atoms with Gasteiger partial charge in [0.25, 0.3) is 0 Å². The van der Waals surface area contributed by atoms with Crippen LogP contribution in [0.25, 0.3) is 22.5 Å². The van der Waals surface area contributed by atoms with Crippen molar-refractivity contribution in [2.45, 2.75) is 19.3 Å². The number of benzene rings is 2. The first kappa shape index (κ1) is 12.7. The topological polar surface area (TPSA) is 28.7 Å². The first-order valence-electron chi connectivity index (χ1n) is 7.24. The fraction of sp³-hybridized carbons (Fsp3) is 0.167. The lowest BCUT2D eigenvalue weighted by Gasteiger charge is -2.04. The van der Waals surface area contributed by atoms with Crippen LogP contribution in [0.4, 0.5) is 0 Å². The largest absolute Gasteiger partial charge is 0.277 e. The Morgan fingerprint density at radius 3 is 2.62 bits per heavy atom. The van der Waals surface area contributed by atoms with Gasteiger partial charge in [-0.2, -0.15) is 5.10 Å². The van der Waals surface area contributed by atoms with Crippen molar-refractivity contribution in [2.24, 2.45) is 0 Å². The zero-order chi connectivity index (χ0) is 14.2. The average Bonchev–Trinajstić information content (AvgIpc) is 2.84. The smallest absolute Gasteiger partial charge is 0.0959 e. The Kier molecular flexibility index (Phi) is 3.04. The van der Waals surface area contributed by atoms with Crippen molar-refractivity contribution in [2.75, 3.05) is 0 Å². The molecule has 3 heteroatoms. The van der Waals surface area contributed by atoms with Gasteiger partial charge in [-0.05, 0) is 37.0 Å². The quantitative estimate of drug-likeness (QED) is 0.680. The van der Waals surface area contributed by atoms with E-state index in [0.29, 0.717) is 0 Å². The molecule has 1 heterocycles. The highest BCUT2D eigenvalue weighted by Gasteiger charge is 2.20. The van der Waals surface area contributed by atoms with E-state index >= 15 is 0 Å². The second-order valence-corrected chi connectivity index (χ2v) is 5.88. The molecular formula is C18H15ClN2. The van der Waals surface area contributed by atoms with Crippen LogP contribution < -0.4 is 0 Å². The van der Waals surface area contributed by atoms with Crippen molar-refractivity contribution in [3.05, 3.63) is 64.7 Å². The maximum absolute atomic E-state index is 5.98. The zero-order valence-corrected chi connectivity index (χ0v) is 12.3. The van der Waals surface area contributed by atoms with E-state index < -0.39 is 0 Å². The van der Waals surface area contributed by atoms with Crippen LogP contribution in [-0.2, 0) is 12.8 Å². The minimum Gasteiger partial charge on any atom is -0.277 e. The van der Waals surface area contributed by atoms with E-state index in [1.165, 1.54) is 22.4 Å². The SMILES string of the molecule is Clc1ccc(-c2n[nH]c3c2CCCc2ccccc2-3)cc1. The van der Waals surface area contributed by atoms with Crippen LogP contribution in [0.2, 0.25) is 5.02 Å². The van der Waals surface area contributed by atoms with Gasteiger partial charge in [0.15, 0.2) is 0 Å². The summed E-state index contributed by atoms with van der Waals surface area (Å²) in [5.74, 6) is 0. The van der Waals surface area contributed by atoms with Crippen molar-refractivity contribution < 1.29 is 0 Å². The van der Waals surface area contributed by atoms with Gasteiger partial charge >= 0.3 is 0 Å². The van der Waals surface area contributed by atoms with Crippen LogP contribution in [0.15, 0.2) is 48.5 Å². The van der Waals surface area contributed by atoms with Crippen LogP contribution in [-0.4, -0.2) is 10.2 Å². The molecule has 3 aromatic rings. The summed E-state index contributed by atoms with van der Waals surface area (Å²) in [6, 6.07) is 16.5. The molecule has 0 amide bonds. The maximum Gasteiger partial charge on any atom is 0.0959 e. The van der Waals surface area contributed by atoms with Crippen LogP contribution in [0.1, 0.15) is 17.5 Å². The first-order valence-corrected chi connectivity index (χ1v) is 7.62. The summed E-state index contributed by atoms with van der Waals surface area (Å²) < 4.78 is 0. The average molecular weight is 295 g/mol. The molecule has 2 aromatic carbocycles. The van der Waals surface area contributed by atoms with Crippen molar-refractivity contribution in [3.8, 4) is 22.5 Å². The Bertz CT molecular complexity index is 787. The number of nitrogens with one attached hydrogen (secondary N) is 1. The fourth-order valence-corrected chi connectivity index (χ4v) is 3.24. The fourth-order valence-electron chi connectivity index (χ4n) is 3.12. The van der Waals surface area contributed by atoms with Crippen LogP contribution >= 0.6 is 11.6 Å². The van der Waals surface area contributed by atoms with Gasteiger partial charge < -0.3 is 0 Å². The summed E-state index contributed by atoms with van der Waals surface area (Å²) in [4.78, 5) is 0. The van der Waals surface area contributed by atoms with Crippen molar-refractivity contribution in [3.63, 3.8) is 0 Å². The highest BCUT2D eigenvalue weighted by Crippen LogP contribution is 2.36. The third-order valence-electron chi connectivity index (χ3n) is 4.14. The Balaban J connectivity index is 1.88. The number of fused-ring (bicyclic) bond motifs is 3. The molecule has 21 heavy (non-hydrogen) atoms. The third-order valence-corrected chi connectivity index (χ3v) is 4.40. The van der Waals surface area contributed by atoms with Crippen LogP contribution in [0.5, 0.6) is 0 Å². The lowest BCUT2D eigenvalue weighted by Crippen LogP contribution is -1.88. The number of aromatic amines is 1. The molecule has 0 bridgehead atoms. The normalized spacial score (nSPS) is 13.4. The monoisotopic (exact) mass is 294 g/mol. The van der Waals surface area contributed by atoms with E-state index in [1.807, 2.05) is 24.3 Å². The first-order chi connectivity index (χ1) is 10.3. The molecule has 104 valence electrons. The van der Waals surface area contributed by atoms with E-state index in [1.54, 1.807) is 0 Å². The van der Waals surface area contributed by atoms with E-state index in [2.05, 4.69) is 34.5 Å². The summed E-state index contributed by atoms with van der Waals surface area (Å²) in [7, 11) is 0. The van der Waals surface area contributed by atoms with Gasteiger partial charge in [0, 0.05) is 21.7 Å². The van der Waals surface area contributed by atoms with Crippen molar-refractivity contribution in [1.29, 1.82) is 0 Å². The molecule has 0 radical (unpaired) electrons. The van der Waals surface area contributed by atoms with Crippen molar-refractivity contribution in [1.82, 2.24) is 10.2 Å². The molecule has 0 fully saturated rings. The molecule has 1 aromatic heterocycles. The van der Waals surface area contributed by atoms with Gasteiger partial charge in [-0.25, -0.2) is 0 Å². The number of halogens is 1. The molecule has 0 saturated heterocycles. The summed E-state index contributed by atoms with van der Waals surface area (Å²) in [6.45, 7) is 0. The molecule has 1 aliphatic rings.